The number of hydrogen-bond donors (Lipinski definition) is 2. The van der Waals surface area contributed by atoms with Crippen molar-refractivity contribution in [1.29, 1.82) is 0 Å². The van der Waals surface area contributed by atoms with Crippen molar-refractivity contribution in [3.63, 3.8) is 0 Å². The van der Waals surface area contributed by atoms with E-state index in [9.17, 15) is 4.79 Å². The van der Waals surface area contributed by atoms with Crippen molar-refractivity contribution in [2.75, 3.05) is 13.7 Å². The first kappa shape index (κ1) is 18.8. The Balaban J connectivity index is 1.90. The van der Waals surface area contributed by atoms with Crippen LogP contribution in [0.4, 0.5) is 5.69 Å². The van der Waals surface area contributed by atoms with Gasteiger partial charge in [-0.15, -0.1) is 4.00 Å². The Labute approximate surface area is 173 Å². The van der Waals surface area contributed by atoms with E-state index in [0.29, 0.717) is 11.3 Å². The number of quaternary nitrogens is 1. The molecule has 2 aliphatic rings. The lowest BCUT2D eigenvalue weighted by atomic mass is 9.94. The number of nitrogens with one attached hydrogen (secondary N) is 1. The average Bonchev–Trinajstić information content (AvgIpc) is 3.04. The average molecular weight is 416 g/mol. The van der Waals surface area contributed by atoms with E-state index in [1.807, 2.05) is 48.5 Å². The Morgan fingerprint density at radius 2 is 1.96 bits per heavy atom. The molecule has 28 heavy (non-hydrogen) atoms. The zero-order valence-corrected chi connectivity index (χ0v) is 17.0. The summed E-state index contributed by atoms with van der Waals surface area (Å²) in [6.45, 7) is 2.01. The van der Waals surface area contributed by atoms with Gasteiger partial charge in [0.1, 0.15) is 17.1 Å². The van der Waals surface area contributed by atoms with Gasteiger partial charge in [0.05, 0.1) is 32.1 Å². The van der Waals surface area contributed by atoms with Crippen LogP contribution in [0.3, 0.4) is 0 Å². The van der Waals surface area contributed by atoms with Gasteiger partial charge in [-0.25, -0.2) is 10.2 Å². The molecule has 0 spiro atoms. The molecule has 0 aliphatic carbocycles. The van der Waals surface area contributed by atoms with E-state index in [1.165, 1.54) is 0 Å². The van der Waals surface area contributed by atoms with E-state index in [-0.39, 0.29) is 27.4 Å². The lowest BCUT2D eigenvalue weighted by Crippen LogP contribution is -2.50. The molecular weight excluding hydrogens is 396 g/mol. The van der Waals surface area contributed by atoms with Crippen LogP contribution in [-0.4, -0.2) is 24.7 Å². The molecule has 2 aliphatic heterocycles. The number of thiocarbonyl (C=S) groups is 1. The van der Waals surface area contributed by atoms with Crippen molar-refractivity contribution >= 4 is 41.7 Å². The smallest absolute Gasteiger partial charge is 0.360 e. The van der Waals surface area contributed by atoms with Gasteiger partial charge in [-0.2, -0.15) is 0 Å². The summed E-state index contributed by atoms with van der Waals surface area (Å²) in [6, 6.07) is 14.7. The number of esters is 1. The van der Waals surface area contributed by atoms with Gasteiger partial charge in [0.2, 0.25) is 5.05 Å². The summed E-state index contributed by atoms with van der Waals surface area (Å²) < 4.78 is 16.3. The minimum atomic E-state index is -0.490. The second-order valence-electron chi connectivity index (χ2n) is 6.33. The lowest BCUT2D eigenvalue weighted by molar-refractivity contribution is -0.139. The minimum absolute atomic E-state index is 0.0754. The number of carbonyl (C=O) groups excluding carboxylic acids is 1. The van der Waals surface area contributed by atoms with E-state index >= 15 is 0 Å². The highest BCUT2D eigenvalue weighted by molar-refractivity contribution is 7.80. The molecule has 0 saturated carbocycles. The number of thiol groups is 1. The predicted octanol–water partition coefficient (Wildman–Crippen LogP) is 3.64. The Kier molecular flexibility index (Phi) is 4.78. The third-order valence-corrected chi connectivity index (χ3v) is 5.65. The van der Waals surface area contributed by atoms with Gasteiger partial charge >= 0.3 is 5.97 Å². The van der Waals surface area contributed by atoms with Gasteiger partial charge in [-0.3, -0.25) is 0 Å². The van der Waals surface area contributed by atoms with Crippen LogP contribution in [0.15, 0.2) is 59.8 Å². The van der Waals surface area contributed by atoms with Gasteiger partial charge in [-0.05, 0) is 43.4 Å². The first-order valence-corrected chi connectivity index (χ1v) is 9.57. The third-order valence-electron chi connectivity index (χ3n) is 4.78. The standard InChI is InChI=1S/C20H18N2O4S2/c1-3-25-19(23)17-16-18(14-6-4-5-7-15(14)26-20(16)27)22(28,21-17)12-8-10-13(24-2)11-9-12/h4-11,18,28H,3H2,1-2H3/p+1. The Bertz CT molecular complexity index is 990. The zero-order valence-electron chi connectivity index (χ0n) is 15.3. The Morgan fingerprint density at radius 3 is 2.64 bits per heavy atom. The first-order chi connectivity index (χ1) is 13.5. The zero-order chi connectivity index (χ0) is 19.9. The number of benzene rings is 2. The number of ether oxygens (including phenoxy) is 3. The lowest BCUT2D eigenvalue weighted by Gasteiger charge is -2.35. The van der Waals surface area contributed by atoms with E-state index in [0.717, 1.165) is 17.0 Å². The fourth-order valence-electron chi connectivity index (χ4n) is 3.53. The number of para-hydroxylation sites is 1. The molecule has 0 saturated heterocycles. The highest BCUT2D eigenvalue weighted by atomic mass is 32.1. The Morgan fingerprint density at radius 1 is 1.25 bits per heavy atom. The van der Waals surface area contributed by atoms with Crippen LogP contribution in [0.1, 0.15) is 18.5 Å². The maximum Gasteiger partial charge on any atom is 0.360 e. The number of fused-ring (bicyclic) bond motifs is 3. The van der Waals surface area contributed by atoms with Crippen LogP contribution in [0, 0.1) is 0 Å². The maximum absolute atomic E-state index is 12.7. The van der Waals surface area contributed by atoms with E-state index in [4.69, 9.17) is 39.2 Å². The van der Waals surface area contributed by atoms with Crippen molar-refractivity contribution in [3.05, 3.63) is 65.4 Å². The predicted molar refractivity (Wildman–Crippen MR) is 113 cm³/mol. The summed E-state index contributed by atoms with van der Waals surface area (Å²) >= 11 is 10.5. The van der Waals surface area contributed by atoms with Crippen LogP contribution < -0.4 is 18.9 Å². The molecule has 2 heterocycles. The molecule has 2 atom stereocenters. The van der Waals surface area contributed by atoms with Crippen molar-refractivity contribution in [3.8, 4) is 11.5 Å². The summed E-state index contributed by atoms with van der Waals surface area (Å²) in [4.78, 5) is 12.7. The molecule has 144 valence electrons. The van der Waals surface area contributed by atoms with Crippen molar-refractivity contribution in [1.82, 2.24) is 9.42 Å². The first-order valence-electron chi connectivity index (χ1n) is 8.76. The number of rotatable bonds is 4. The third kappa shape index (κ3) is 2.85. The van der Waals surface area contributed by atoms with Crippen LogP contribution in [-0.2, 0) is 9.53 Å². The maximum atomic E-state index is 12.7. The summed E-state index contributed by atoms with van der Waals surface area (Å²) in [7, 11) is 1.61. The highest BCUT2D eigenvalue weighted by Gasteiger charge is 2.56. The largest absolute Gasteiger partial charge is 0.497 e. The van der Waals surface area contributed by atoms with Gasteiger partial charge < -0.3 is 14.2 Å². The molecule has 2 aromatic carbocycles. The molecular formula is C20H19N2O4S2+. The quantitative estimate of drug-likeness (QED) is 0.344. The topological polar surface area (TPSA) is 56.8 Å². The summed E-state index contributed by atoms with van der Waals surface area (Å²) in [5.41, 5.74) is 5.74. The summed E-state index contributed by atoms with van der Waals surface area (Å²) in [5, 5.41) is 0.238. The van der Waals surface area contributed by atoms with E-state index < -0.39 is 5.97 Å². The van der Waals surface area contributed by atoms with Crippen LogP contribution in [0.2, 0.25) is 0 Å². The Hall–Kier alpha value is -2.55. The fraction of sp³-hybridized carbons (Fsp3) is 0.200. The van der Waals surface area contributed by atoms with Crippen molar-refractivity contribution < 1.29 is 19.0 Å². The second-order valence-corrected chi connectivity index (χ2v) is 7.34. The molecule has 0 radical (unpaired) electrons. The molecule has 4 rings (SSSR count). The van der Waals surface area contributed by atoms with E-state index in [2.05, 4.69) is 5.43 Å². The molecule has 2 aromatic rings. The molecule has 6 nitrogen and oxygen atoms in total. The molecule has 0 aromatic heterocycles. The number of carbonyl (C=O) groups is 1. The number of methoxy groups -OCH3 is 1. The molecule has 0 amide bonds. The summed E-state index contributed by atoms with van der Waals surface area (Å²) in [6.07, 6.45) is 0. The van der Waals surface area contributed by atoms with Crippen molar-refractivity contribution in [2.24, 2.45) is 0 Å². The van der Waals surface area contributed by atoms with Gasteiger partial charge in [0.15, 0.2) is 17.4 Å². The second kappa shape index (κ2) is 7.12. The molecule has 0 bridgehead atoms. The van der Waals surface area contributed by atoms with Crippen molar-refractivity contribution in [2.45, 2.75) is 13.0 Å². The van der Waals surface area contributed by atoms with Crippen LogP contribution in [0.25, 0.3) is 0 Å². The summed E-state index contributed by atoms with van der Waals surface area (Å²) in [5.74, 6) is 0.887. The molecule has 2 unspecified atom stereocenters. The molecule has 8 heteroatoms. The van der Waals surface area contributed by atoms with Gasteiger partial charge in [-0.1, -0.05) is 12.1 Å². The van der Waals surface area contributed by atoms with Crippen LogP contribution in [0.5, 0.6) is 11.5 Å². The fourth-order valence-corrected chi connectivity index (χ4v) is 4.30. The number of nitrogens with zero attached hydrogens (tertiary/aromatic N) is 1. The molecule has 0 fully saturated rings. The SMILES string of the molecule is CCOC(=O)C1=C2C(=S)Oc3ccccc3C2[N+](S)(c2ccc(OC)cc2)N1. The van der Waals surface area contributed by atoms with Crippen LogP contribution >= 0.6 is 25.0 Å². The van der Waals surface area contributed by atoms with E-state index in [1.54, 1.807) is 14.0 Å². The minimum Gasteiger partial charge on any atom is -0.497 e. The monoisotopic (exact) mass is 415 g/mol. The van der Waals surface area contributed by atoms with Gasteiger partial charge in [0, 0.05) is 12.1 Å². The normalized spacial score (nSPS) is 22.7. The highest BCUT2D eigenvalue weighted by Crippen LogP contribution is 2.51. The number of hydrogen-bond acceptors (Lipinski definition) is 7. The molecule has 1 N–H and O–H groups in total. The van der Waals surface area contributed by atoms with Gasteiger partial charge in [0.25, 0.3) is 0 Å².